The van der Waals surface area contributed by atoms with Crippen molar-refractivity contribution in [3.05, 3.63) is 58.7 Å². The number of aliphatic imine (C=N–C) groups is 2. The molecule has 0 aliphatic carbocycles. The maximum atomic E-state index is 5.25. The molecule has 0 radical (unpaired) electrons. The second-order valence-electron chi connectivity index (χ2n) is 13.1. The summed E-state index contributed by atoms with van der Waals surface area (Å²) in [5, 5.41) is 0. The van der Waals surface area contributed by atoms with E-state index in [-0.39, 0.29) is 0 Å². The van der Waals surface area contributed by atoms with E-state index in [1.54, 1.807) is 0 Å². The Morgan fingerprint density at radius 2 is 0.864 bits per heavy atom. The number of benzene rings is 2. The smallest absolute Gasteiger partial charge is 0.0636 e. The van der Waals surface area contributed by atoms with Crippen molar-refractivity contribution in [2.45, 2.75) is 182 Å². The van der Waals surface area contributed by atoms with Crippen LogP contribution in [0.4, 0.5) is 11.4 Å². The molecule has 246 valence electrons. The fraction of sp³-hybridized carbons (Fsp3) is 0.667. The van der Waals surface area contributed by atoms with Gasteiger partial charge in [-0.2, -0.15) is 0 Å². The third-order valence-corrected chi connectivity index (χ3v) is 9.00. The molecule has 0 saturated heterocycles. The number of hydrogen-bond donors (Lipinski definition) is 0. The summed E-state index contributed by atoms with van der Waals surface area (Å²) < 4.78 is 0. The summed E-state index contributed by atoms with van der Waals surface area (Å²) >= 11 is 0. The first kappa shape index (κ1) is 38.0. The number of aryl methyl sites for hydroxylation is 4. The van der Waals surface area contributed by atoms with Crippen LogP contribution < -0.4 is 0 Å². The molecular weight excluding hydrogens is 532 g/mol. The van der Waals surface area contributed by atoms with Crippen LogP contribution in [0.3, 0.4) is 0 Å². The van der Waals surface area contributed by atoms with Gasteiger partial charge in [-0.15, -0.1) is 0 Å². The van der Waals surface area contributed by atoms with Crippen molar-refractivity contribution in [3.8, 4) is 0 Å². The molecule has 0 aliphatic heterocycles. The molecule has 0 bridgehead atoms. The molecule has 0 heterocycles. The lowest BCUT2D eigenvalue weighted by Crippen LogP contribution is -2.01. The number of nitrogens with zero attached hydrogens (tertiary/aromatic N) is 2. The SMILES string of the molecule is CCCCCCCCC(C=Nc1ccc(CCCCC)c(CCCCC)c1)=Nc1ccc(CCCCC)c(CCCCC)c1. The van der Waals surface area contributed by atoms with Crippen LogP contribution in [0, 0.1) is 0 Å². The molecule has 2 nitrogen and oxygen atoms in total. The van der Waals surface area contributed by atoms with E-state index < -0.39 is 0 Å². The van der Waals surface area contributed by atoms with Gasteiger partial charge >= 0.3 is 0 Å². The monoisotopic (exact) mass is 601 g/mol. The molecule has 0 amide bonds. The Balaban J connectivity index is 2.31. The normalized spacial score (nSPS) is 12.1. The van der Waals surface area contributed by atoms with Gasteiger partial charge in [0.15, 0.2) is 0 Å². The molecule has 0 aliphatic rings. The van der Waals surface area contributed by atoms with Gasteiger partial charge in [-0.25, -0.2) is 0 Å². The van der Waals surface area contributed by atoms with Crippen molar-refractivity contribution < 1.29 is 0 Å². The zero-order valence-electron chi connectivity index (χ0n) is 29.7. The second-order valence-corrected chi connectivity index (χ2v) is 13.1. The van der Waals surface area contributed by atoms with E-state index >= 15 is 0 Å². The van der Waals surface area contributed by atoms with Gasteiger partial charge < -0.3 is 0 Å². The maximum absolute atomic E-state index is 5.25. The van der Waals surface area contributed by atoms with E-state index in [1.165, 1.54) is 164 Å². The van der Waals surface area contributed by atoms with Crippen molar-refractivity contribution in [2.24, 2.45) is 9.98 Å². The first-order chi connectivity index (χ1) is 21.6. The topological polar surface area (TPSA) is 24.7 Å². The van der Waals surface area contributed by atoms with Crippen LogP contribution in [-0.4, -0.2) is 11.9 Å². The van der Waals surface area contributed by atoms with Crippen LogP contribution >= 0.6 is 0 Å². The highest BCUT2D eigenvalue weighted by Gasteiger charge is 2.08. The summed E-state index contributed by atoms with van der Waals surface area (Å²) in [4.78, 5) is 10.3. The molecule has 0 saturated carbocycles. The standard InChI is InChI=1S/C42H68N2/c1-6-11-16-17-18-23-28-42(44-41-32-30-37(25-20-13-8-3)39(34-41)27-22-15-10-5)35-43-40-31-29-36(24-19-12-7-2)38(33-40)26-21-14-9-4/h29-35H,6-28H2,1-5H3. The molecule has 0 aromatic heterocycles. The fourth-order valence-corrected chi connectivity index (χ4v) is 6.14. The average Bonchev–Trinajstić information content (AvgIpc) is 3.03. The zero-order valence-corrected chi connectivity index (χ0v) is 29.7. The Kier molecular flexibility index (Phi) is 21.6. The van der Waals surface area contributed by atoms with E-state index in [0.717, 1.165) is 23.5 Å². The third-order valence-electron chi connectivity index (χ3n) is 9.00. The lowest BCUT2D eigenvalue weighted by atomic mass is 9.96. The Bertz CT molecular complexity index is 1060. The Hall–Kier alpha value is -2.22. The van der Waals surface area contributed by atoms with Crippen molar-refractivity contribution in [1.29, 1.82) is 0 Å². The summed E-state index contributed by atoms with van der Waals surface area (Å²) in [5.74, 6) is 0. The van der Waals surface area contributed by atoms with Gasteiger partial charge in [-0.1, -0.05) is 130 Å². The number of hydrogen-bond acceptors (Lipinski definition) is 2. The first-order valence-corrected chi connectivity index (χ1v) is 19.0. The zero-order chi connectivity index (χ0) is 31.7. The highest BCUT2D eigenvalue weighted by atomic mass is 14.8. The quantitative estimate of drug-likeness (QED) is 0.0758. The fourth-order valence-electron chi connectivity index (χ4n) is 6.14. The molecule has 44 heavy (non-hydrogen) atoms. The Morgan fingerprint density at radius 1 is 0.455 bits per heavy atom. The molecule has 0 N–H and O–H groups in total. The van der Waals surface area contributed by atoms with Gasteiger partial charge in [0.1, 0.15) is 0 Å². The summed E-state index contributed by atoms with van der Waals surface area (Å²) in [7, 11) is 0. The Labute approximate surface area is 273 Å². The van der Waals surface area contributed by atoms with Gasteiger partial charge in [0.25, 0.3) is 0 Å². The number of unbranched alkanes of at least 4 members (excludes halogenated alkanes) is 13. The Morgan fingerprint density at radius 3 is 1.39 bits per heavy atom. The van der Waals surface area contributed by atoms with Crippen molar-refractivity contribution >= 4 is 23.3 Å². The summed E-state index contributed by atoms with van der Waals surface area (Å²) in [6.07, 6.45) is 31.0. The van der Waals surface area contributed by atoms with E-state index in [2.05, 4.69) is 77.2 Å². The van der Waals surface area contributed by atoms with Crippen molar-refractivity contribution in [3.63, 3.8) is 0 Å². The molecule has 2 heteroatoms. The highest BCUT2D eigenvalue weighted by molar-refractivity contribution is 6.31. The van der Waals surface area contributed by atoms with Crippen molar-refractivity contribution in [1.82, 2.24) is 0 Å². The van der Waals surface area contributed by atoms with Crippen LogP contribution in [-0.2, 0) is 25.7 Å². The van der Waals surface area contributed by atoms with Gasteiger partial charge in [0, 0.05) is 6.21 Å². The van der Waals surface area contributed by atoms with Crippen molar-refractivity contribution in [2.75, 3.05) is 0 Å². The van der Waals surface area contributed by atoms with Crippen LogP contribution in [0.15, 0.2) is 46.4 Å². The molecule has 2 aromatic rings. The van der Waals surface area contributed by atoms with E-state index in [1.807, 2.05) is 0 Å². The van der Waals surface area contributed by atoms with Crippen LogP contribution in [0.2, 0.25) is 0 Å². The van der Waals surface area contributed by atoms with Gasteiger partial charge in [0.2, 0.25) is 0 Å². The minimum absolute atomic E-state index is 0.998. The summed E-state index contributed by atoms with van der Waals surface area (Å²) in [5.41, 5.74) is 9.40. The first-order valence-electron chi connectivity index (χ1n) is 19.0. The molecule has 0 fully saturated rings. The van der Waals surface area contributed by atoms with E-state index in [0.29, 0.717) is 0 Å². The third kappa shape index (κ3) is 16.2. The lowest BCUT2D eigenvalue weighted by Gasteiger charge is -2.12. The molecule has 2 aromatic carbocycles. The number of rotatable bonds is 26. The molecule has 2 rings (SSSR count). The second kappa shape index (κ2) is 25.0. The molecule has 0 spiro atoms. The summed E-state index contributed by atoms with van der Waals surface area (Å²) in [6, 6.07) is 14.0. The molecule has 0 unspecified atom stereocenters. The molecular formula is C42H68N2. The minimum atomic E-state index is 0.998. The predicted molar refractivity (Wildman–Crippen MR) is 199 cm³/mol. The molecule has 0 atom stereocenters. The highest BCUT2D eigenvalue weighted by Crippen LogP contribution is 2.25. The van der Waals surface area contributed by atoms with Crippen LogP contribution in [0.5, 0.6) is 0 Å². The minimum Gasteiger partial charge on any atom is -0.255 e. The van der Waals surface area contributed by atoms with Crippen LogP contribution in [0.1, 0.15) is 179 Å². The largest absolute Gasteiger partial charge is 0.255 e. The maximum Gasteiger partial charge on any atom is 0.0636 e. The summed E-state index contributed by atoms with van der Waals surface area (Å²) in [6.45, 7) is 11.5. The van der Waals surface area contributed by atoms with Gasteiger partial charge in [0.05, 0.1) is 17.1 Å². The van der Waals surface area contributed by atoms with Gasteiger partial charge in [-0.3, -0.25) is 9.98 Å². The predicted octanol–water partition coefficient (Wildman–Crippen LogP) is 13.8. The van der Waals surface area contributed by atoms with Crippen LogP contribution in [0.25, 0.3) is 0 Å². The average molecular weight is 601 g/mol. The van der Waals surface area contributed by atoms with Gasteiger partial charge in [-0.05, 0) is 111 Å². The van der Waals surface area contributed by atoms with E-state index in [4.69, 9.17) is 9.98 Å². The van der Waals surface area contributed by atoms with E-state index in [9.17, 15) is 0 Å². The lowest BCUT2D eigenvalue weighted by molar-refractivity contribution is 0.616.